The molecule has 0 radical (unpaired) electrons. The maximum absolute atomic E-state index is 12.8. The summed E-state index contributed by atoms with van der Waals surface area (Å²) in [6.07, 6.45) is -2.64. The van der Waals surface area contributed by atoms with Crippen LogP contribution in [0.3, 0.4) is 0 Å². The number of carbonyl (C=O) groups is 1. The minimum atomic E-state index is -4.49. The highest BCUT2D eigenvalue weighted by Gasteiger charge is 2.33. The highest BCUT2D eigenvalue weighted by atomic mass is 35.5. The standard InChI is InChI=1S/C20H18ClF3N4O2/c1-11-26-16-9-14(2-3-17(16)30-11)27-19(29)12-4-6-28(7-5-12)18-15(21)8-13(10-25-18)20(22,23)24/h2-3,8-10,12H,4-7H2,1H3,(H,27,29). The Bertz CT molecular complexity index is 1090. The van der Waals surface area contributed by atoms with Crippen molar-refractivity contribution >= 4 is 40.1 Å². The molecule has 3 aromatic rings. The van der Waals surface area contributed by atoms with E-state index in [1.165, 1.54) is 0 Å². The summed E-state index contributed by atoms with van der Waals surface area (Å²) in [5.41, 5.74) is 1.07. The number of hydrogen-bond acceptors (Lipinski definition) is 5. The van der Waals surface area contributed by atoms with Crippen LogP contribution in [-0.2, 0) is 11.0 Å². The van der Waals surface area contributed by atoms with E-state index < -0.39 is 11.7 Å². The molecule has 10 heteroatoms. The molecule has 1 amide bonds. The van der Waals surface area contributed by atoms with E-state index in [2.05, 4.69) is 15.3 Å². The predicted molar refractivity (Wildman–Crippen MR) is 107 cm³/mol. The van der Waals surface area contributed by atoms with Gasteiger partial charge in [-0.1, -0.05) is 11.6 Å². The number of benzene rings is 1. The lowest BCUT2D eigenvalue weighted by molar-refractivity contribution is -0.137. The van der Waals surface area contributed by atoms with Gasteiger partial charge >= 0.3 is 6.18 Å². The second-order valence-electron chi connectivity index (χ2n) is 7.19. The van der Waals surface area contributed by atoms with Gasteiger partial charge in [-0.3, -0.25) is 4.79 Å². The van der Waals surface area contributed by atoms with Crippen LogP contribution >= 0.6 is 11.6 Å². The summed E-state index contributed by atoms with van der Waals surface area (Å²) in [7, 11) is 0. The van der Waals surface area contributed by atoms with Crippen molar-refractivity contribution in [3.05, 3.63) is 46.9 Å². The molecule has 0 aliphatic carbocycles. The Morgan fingerprint density at radius 3 is 2.67 bits per heavy atom. The van der Waals surface area contributed by atoms with Crippen LogP contribution in [0.4, 0.5) is 24.7 Å². The van der Waals surface area contributed by atoms with Gasteiger partial charge < -0.3 is 14.6 Å². The average Bonchev–Trinajstić information content (AvgIpc) is 3.06. The summed E-state index contributed by atoms with van der Waals surface area (Å²) in [4.78, 5) is 22.6. The number of fused-ring (bicyclic) bond motifs is 1. The fourth-order valence-electron chi connectivity index (χ4n) is 3.54. The van der Waals surface area contributed by atoms with Crippen molar-refractivity contribution in [1.29, 1.82) is 0 Å². The van der Waals surface area contributed by atoms with Crippen molar-refractivity contribution < 1.29 is 22.4 Å². The van der Waals surface area contributed by atoms with E-state index in [0.717, 1.165) is 12.3 Å². The Kier molecular flexibility index (Phi) is 5.31. The highest BCUT2D eigenvalue weighted by Crippen LogP contribution is 2.34. The number of oxazole rings is 1. The van der Waals surface area contributed by atoms with Gasteiger partial charge in [0.2, 0.25) is 5.91 Å². The SMILES string of the molecule is Cc1nc2cc(NC(=O)C3CCN(c4ncc(C(F)(F)F)cc4Cl)CC3)ccc2o1. The average molecular weight is 439 g/mol. The molecule has 0 saturated carbocycles. The van der Waals surface area contributed by atoms with Crippen LogP contribution < -0.4 is 10.2 Å². The second kappa shape index (κ2) is 7.79. The number of alkyl halides is 3. The summed E-state index contributed by atoms with van der Waals surface area (Å²) in [5, 5.41) is 2.85. The number of pyridine rings is 1. The largest absolute Gasteiger partial charge is 0.441 e. The fraction of sp³-hybridized carbons (Fsp3) is 0.350. The first kappa shape index (κ1) is 20.5. The molecule has 6 nitrogen and oxygen atoms in total. The van der Waals surface area contributed by atoms with Gasteiger partial charge in [-0.25, -0.2) is 9.97 Å². The monoisotopic (exact) mass is 438 g/mol. The van der Waals surface area contributed by atoms with Gasteiger partial charge in [0.1, 0.15) is 11.3 Å². The summed E-state index contributed by atoms with van der Waals surface area (Å²) in [6, 6.07) is 6.15. The topological polar surface area (TPSA) is 71.3 Å². The molecule has 2 aromatic heterocycles. The number of aromatic nitrogens is 2. The number of rotatable bonds is 3. The van der Waals surface area contributed by atoms with Gasteiger partial charge in [-0.05, 0) is 37.1 Å². The van der Waals surface area contributed by atoms with E-state index in [4.69, 9.17) is 16.0 Å². The fourth-order valence-corrected chi connectivity index (χ4v) is 3.82. The molecule has 0 unspecified atom stereocenters. The molecule has 158 valence electrons. The first-order valence-electron chi connectivity index (χ1n) is 9.36. The predicted octanol–water partition coefficient (Wildman–Crippen LogP) is 5.06. The van der Waals surface area contributed by atoms with Gasteiger partial charge in [-0.2, -0.15) is 13.2 Å². The van der Waals surface area contributed by atoms with E-state index in [1.807, 2.05) is 0 Å². The Morgan fingerprint density at radius 1 is 1.27 bits per heavy atom. The Balaban J connectivity index is 1.38. The number of nitrogens with zero attached hydrogens (tertiary/aromatic N) is 3. The van der Waals surface area contributed by atoms with Gasteiger partial charge in [0.15, 0.2) is 11.5 Å². The maximum atomic E-state index is 12.8. The quantitative estimate of drug-likeness (QED) is 0.619. The lowest BCUT2D eigenvalue weighted by Crippen LogP contribution is -2.38. The number of hydrogen-bond donors (Lipinski definition) is 1. The van der Waals surface area contributed by atoms with E-state index in [-0.39, 0.29) is 16.8 Å². The number of aryl methyl sites for hydroxylation is 1. The van der Waals surface area contributed by atoms with Crippen LogP contribution in [0.2, 0.25) is 5.02 Å². The van der Waals surface area contributed by atoms with Crippen LogP contribution in [0.1, 0.15) is 24.3 Å². The van der Waals surface area contributed by atoms with E-state index >= 15 is 0 Å². The van der Waals surface area contributed by atoms with Crippen LogP contribution in [0, 0.1) is 12.8 Å². The van der Waals surface area contributed by atoms with Crippen molar-refractivity contribution in [3.8, 4) is 0 Å². The Hall–Kier alpha value is -2.81. The Labute approximate surface area is 175 Å². The van der Waals surface area contributed by atoms with Gasteiger partial charge in [0.25, 0.3) is 0 Å². The third kappa shape index (κ3) is 4.21. The van der Waals surface area contributed by atoms with E-state index in [9.17, 15) is 18.0 Å². The maximum Gasteiger partial charge on any atom is 0.417 e. The molecule has 0 atom stereocenters. The molecule has 1 aromatic carbocycles. The van der Waals surface area contributed by atoms with Crippen molar-refractivity contribution in [2.45, 2.75) is 25.9 Å². The first-order chi connectivity index (χ1) is 14.2. The molecule has 4 rings (SSSR count). The third-order valence-corrected chi connectivity index (χ3v) is 5.35. The lowest BCUT2D eigenvalue weighted by atomic mass is 9.95. The smallest absolute Gasteiger partial charge is 0.417 e. The van der Waals surface area contributed by atoms with Crippen LogP contribution in [0.5, 0.6) is 0 Å². The number of halogens is 4. The van der Waals surface area contributed by atoms with Crippen molar-refractivity contribution in [2.75, 3.05) is 23.3 Å². The minimum Gasteiger partial charge on any atom is -0.441 e. The zero-order valence-corrected chi connectivity index (χ0v) is 16.7. The zero-order valence-electron chi connectivity index (χ0n) is 16.0. The molecule has 1 aliphatic rings. The number of piperidine rings is 1. The minimum absolute atomic E-state index is 0.0519. The number of amides is 1. The molecule has 3 heterocycles. The van der Waals surface area contributed by atoms with Crippen LogP contribution in [0.25, 0.3) is 11.1 Å². The van der Waals surface area contributed by atoms with Gasteiger partial charge in [0.05, 0.1) is 10.6 Å². The van der Waals surface area contributed by atoms with Crippen molar-refractivity contribution in [3.63, 3.8) is 0 Å². The van der Waals surface area contributed by atoms with Gasteiger partial charge in [-0.15, -0.1) is 0 Å². The van der Waals surface area contributed by atoms with E-state index in [0.29, 0.717) is 54.4 Å². The zero-order chi connectivity index (χ0) is 21.5. The molecule has 1 N–H and O–H groups in total. The molecule has 1 saturated heterocycles. The number of anilines is 2. The molecular weight excluding hydrogens is 421 g/mol. The molecule has 1 aliphatic heterocycles. The summed E-state index contributed by atoms with van der Waals surface area (Å²) >= 11 is 6.03. The first-order valence-corrected chi connectivity index (χ1v) is 9.74. The van der Waals surface area contributed by atoms with Gasteiger partial charge in [0, 0.05) is 37.8 Å². The molecule has 0 spiro atoms. The third-order valence-electron chi connectivity index (χ3n) is 5.08. The number of nitrogens with one attached hydrogen (secondary N) is 1. The molecule has 1 fully saturated rings. The summed E-state index contributed by atoms with van der Waals surface area (Å²) in [5.74, 6) is 0.525. The van der Waals surface area contributed by atoms with Crippen molar-refractivity contribution in [2.24, 2.45) is 5.92 Å². The van der Waals surface area contributed by atoms with E-state index in [1.54, 1.807) is 30.0 Å². The molecular formula is C20H18ClF3N4O2. The lowest BCUT2D eigenvalue weighted by Gasteiger charge is -2.32. The molecule has 0 bridgehead atoms. The van der Waals surface area contributed by atoms with Crippen LogP contribution in [0.15, 0.2) is 34.9 Å². The Morgan fingerprint density at radius 2 is 2.00 bits per heavy atom. The van der Waals surface area contributed by atoms with Crippen molar-refractivity contribution in [1.82, 2.24) is 9.97 Å². The number of carbonyl (C=O) groups excluding carboxylic acids is 1. The summed E-state index contributed by atoms with van der Waals surface area (Å²) in [6.45, 7) is 2.69. The normalized spacial score (nSPS) is 15.6. The van der Waals surface area contributed by atoms with Crippen LogP contribution in [-0.4, -0.2) is 29.0 Å². The second-order valence-corrected chi connectivity index (χ2v) is 7.60. The highest BCUT2D eigenvalue weighted by molar-refractivity contribution is 6.33. The molecule has 30 heavy (non-hydrogen) atoms. The summed E-state index contributed by atoms with van der Waals surface area (Å²) < 4.78 is 43.8.